The van der Waals surface area contributed by atoms with Crippen LogP contribution in [0, 0.1) is 6.92 Å². The van der Waals surface area contributed by atoms with Gasteiger partial charge in [-0.3, -0.25) is 19.3 Å². The number of fused-ring (bicyclic) bond motifs is 1. The van der Waals surface area contributed by atoms with Gasteiger partial charge in [-0.05, 0) is 49.4 Å². The molecule has 6 rings (SSSR count). The van der Waals surface area contributed by atoms with E-state index in [9.17, 15) is 14.4 Å². The highest BCUT2D eigenvalue weighted by atomic mass is 16.7. The number of carbonyl (C=O) groups excluding carboxylic acids is 3. The quantitative estimate of drug-likeness (QED) is 0.539. The van der Waals surface area contributed by atoms with Crippen LogP contribution in [-0.4, -0.2) is 65.8 Å². The summed E-state index contributed by atoms with van der Waals surface area (Å²) < 4.78 is 22.4. The fraction of sp³-hybridized carbons (Fsp3) is 0.345. The van der Waals surface area contributed by atoms with Gasteiger partial charge in [-0.1, -0.05) is 17.7 Å². The van der Waals surface area contributed by atoms with Crippen LogP contribution >= 0.6 is 0 Å². The summed E-state index contributed by atoms with van der Waals surface area (Å²) >= 11 is 0. The molecule has 2 fully saturated rings. The van der Waals surface area contributed by atoms with Crippen molar-refractivity contribution in [1.29, 1.82) is 0 Å². The van der Waals surface area contributed by atoms with Crippen LogP contribution in [0.2, 0.25) is 0 Å². The van der Waals surface area contributed by atoms with Crippen molar-refractivity contribution in [3.63, 3.8) is 0 Å². The lowest BCUT2D eigenvalue weighted by molar-refractivity contribution is -0.128. The number of hydrogen-bond acceptors (Lipinski definition) is 7. The highest BCUT2D eigenvalue weighted by Crippen LogP contribution is 2.39. The van der Waals surface area contributed by atoms with Crippen LogP contribution in [-0.2, 0) is 16.1 Å². The van der Waals surface area contributed by atoms with Crippen LogP contribution in [0.1, 0.15) is 44.9 Å². The maximum absolute atomic E-state index is 13.9. The van der Waals surface area contributed by atoms with Crippen molar-refractivity contribution in [3.05, 3.63) is 83.3 Å². The number of carbonyl (C=O) groups is 3. The zero-order valence-corrected chi connectivity index (χ0v) is 21.6. The predicted octanol–water partition coefficient (Wildman–Crippen LogP) is 3.11. The molecule has 0 saturated carbocycles. The molecule has 10 nitrogen and oxygen atoms in total. The zero-order chi connectivity index (χ0) is 27.0. The molecular formula is C29H29N3O7. The summed E-state index contributed by atoms with van der Waals surface area (Å²) in [5.41, 5.74) is 1.01. The van der Waals surface area contributed by atoms with Crippen molar-refractivity contribution < 1.29 is 33.0 Å². The number of furan rings is 1. The molecule has 39 heavy (non-hydrogen) atoms. The smallest absolute Gasteiger partial charge is 0.256 e. The third-order valence-corrected chi connectivity index (χ3v) is 7.55. The van der Waals surface area contributed by atoms with E-state index < -0.39 is 11.8 Å². The first-order valence-electron chi connectivity index (χ1n) is 13.0. The molecule has 1 N–H and O–H groups in total. The maximum atomic E-state index is 13.9. The third-order valence-electron chi connectivity index (χ3n) is 7.55. The van der Waals surface area contributed by atoms with Gasteiger partial charge in [0.25, 0.3) is 11.8 Å². The number of likely N-dealkylation sites (tertiary alicyclic amines) is 1. The van der Waals surface area contributed by atoms with Gasteiger partial charge in [0.2, 0.25) is 12.7 Å². The lowest BCUT2D eigenvalue weighted by Gasteiger charge is -2.44. The van der Waals surface area contributed by atoms with Crippen molar-refractivity contribution in [2.45, 2.75) is 38.1 Å². The Morgan fingerprint density at radius 1 is 0.949 bits per heavy atom. The third kappa shape index (κ3) is 4.72. The van der Waals surface area contributed by atoms with Crippen LogP contribution in [0.25, 0.3) is 0 Å². The Balaban J connectivity index is 1.21. The molecule has 2 saturated heterocycles. The summed E-state index contributed by atoms with van der Waals surface area (Å²) in [5.74, 6) is 1.05. The summed E-state index contributed by atoms with van der Waals surface area (Å²) in [4.78, 5) is 43.8. The molecule has 3 amide bonds. The SMILES string of the molecule is Cc1ccc(C(=O)N2C(C(=O)NCc3ccco3)COC23CCN(C(=O)c2ccc4c(c2)OCO4)CC3)cc1. The van der Waals surface area contributed by atoms with E-state index in [1.807, 2.05) is 19.1 Å². The Kier molecular flexibility index (Phi) is 6.48. The highest BCUT2D eigenvalue weighted by Gasteiger charge is 2.54. The van der Waals surface area contributed by atoms with Crippen molar-refractivity contribution in [2.75, 3.05) is 26.5 Å². The maximum Gasteiger partial charge on any atom is 0.256 e. The topological polar surface area (TPSA) is 111 Å². The summed E-state index contributed by atoms with van der Waals surface area (Å²) in [5, 5.41) is 2.87. The molecule has 1 aromatic heterocycles. The predicted molar refractivity (Wildman–Crippen MR) is 138 cm³/mol. The average Bonchev–Trinajstić information content (AvgIpc) is 3.72. The number of rotatable bonds is 5. The number of aryl methyl sites for hydroxylation is 1. The van der Waals surface area contributed by atoms with E-state index in [1.165, 1.54) is 0 Å². The average molecular weight is 532 g/mol. The molecule has 1 spiro atoms. The van der Waals surface area contributed by atoms with E-state index in [1.54, 1.807) is 58.5 Å². The van der Waals surface area contributed by atoms with Gasteiger partial charge < -0.3 is 28.8 Å². The minimum atomic E-state index is -1.000. The van der Waals surface area contributed by atoms with Gasteiger partial charge in [-0.15, -0.1) is 0 Å². The molecule has 202 valence electrons. The largest absolute Gasteiger partial charge is 0.467 e. The van der Waals surface area contributed by atoms with E-state index in [2.05, 4.69) is 5.32 Å². The number of ether oxygens (including phenoxy) is 3. The van der Waals surface area contributed by atoms with E-state index >= 15 is 0 Å². The summed E-state index contributed by atoms with van der Waals surface area (Å²) in [6.45, 7) is 3.10. The molecular weight excluding hydrogens is 502 g/mol. The molecule has 2 aromatic carbocycles. The minimum absolute atomic E-state index is 0.0672. The van der Waals surface area contributed by atoms with Crippen LogP contribution in [0.5, 0.6) is 11.5 Å². The summed E-state index contributed by atoms with van der Waals surface area (Å²) in [6.07, 6.45) is 2.30. The standard InChI is InChI=1S/C29H29N3O7/c1-19-4-6-20(7-5-19)28(35)32-23(26(33)30-16-22-3-2-14-36-22)17-39-29(32)10-12-31(13-11-29)27(34)21-8-9-24-25(15-21)38-18-37-24/h2-9,14-15,23H,10-13,16-18H2,1H3,(H,30,33). The van der Waals surface area contributed by atoms with Gasteiger partial charge in [-0.25, -0.2) is 0 Å². The number of nitrogens with zero attached hydrogens (tertiary/aromatic N) is 2. The molecule has 3 aliphatic rings. The minimum Gasteiger partial charge on any atom is -0.467 e. The lowest BCUT2D eigenvalue weighted by Crippen LogP contribution is -2.59. The van der Waals surface area contributed by atoms with Crippen LogP contribution in [0.3, 0.4) is 0 Å². The van der Waals surface area contributed by atoms with Gasteiger partial charge in [0.15, 0.2) is 11.5 Å². The fourth-order valence-corrected chi connectivity index (χ4v) is 5.38. The Hall–Kier alpha value is -4.31. The molecule has 3 aromatic rings. The van der Waals surface area contributed by atoms with Crippen molar-refractivity contribution in [1.82, 2.24) is 15.1 Å². The Bertz CT molecular complexity index is 1380. The molecule has 1 unspecified atom stereocenters. The molecule has 4 heterocycles. The van der Waals surface area contributed by atoms with Crippen LogP contribution in [0.4, 0.5) is 0 Å². The molecule has 0 bridgehead atoms. The fourth-order valence-electron chi connectivity index (χ4n) is 5.38. The van der Waals surface area contributed by atoms with E-state index in [4.69, 9.17) is 18.6 Å². The highest BCUT2D eigenvalue weighted by molar-refractivity contribution is 5.99. The van der Waals surface area contributed by atoms with Crippen molar-refractivity contribution in [3.8, 4) is 11.5 Å². The Labute approximate surface area is 225 Å². The monoisotopic (exact) mass is 531 g/mol. The van der Waals surface area contributed by atoms with Gasteiger partial charge in [-0.2, -0.15) is 0 Å². The molecule has 1 atom stereocenters. The molecule has 3 aliphatic heterocycles. The van der Waals surface area contributed by atoms with E-state index in [0.29, 0.717) is 54.3 Å². The summed E-state index contributed by atoms with van der Waals surface area (Å²) in [7, 11) is 0. The number of nitrogens with one attached hydrogen (secondary N) is 1. The second-order valence-electron chi connectivity index (χ2n) is 9.97. The number of piperidine rings is 1. The number of amides is 3. The first-order valence-corrected chi connectivity index (χ1v) is 13.0. The molecule has 0 radical (unpaired) electrons. The number of hydrogen-bond donors (Lipinski definition) is 1. The van der Waals surface area contributed by atoms with Crippen molar-refractivity contribution >= 4 is 17.7 Å². The second kappa shape index (κ2) is 10.1. The second-order valence-corrected chi connectivity index (χ2v) is 9.97. The van der Waals surface area contributed by atoms with Gasteiger partial charge >= 0.3 is 0 Å². The number of benzene rings is 2. The van der Waals surface area contributed by atoms with Gasteiger partial charge in [0.1, 0.15) is 17.5 Å². The zero-order valence-electron chi connectivity index (χ0n) is 21.6. The van der Waals surface area contributed by atoms with Crippen molar-refractivity contribution in [2.24, 2.45) is 0 Å². The normalized spacial score (nSPS) is 19.4. The lowest BCUT2D eigenvalue weighted by atomic mass is 9.96. The van der Waals surface area contributed by atoms with Crippen LogP contribution < -0.4 is 14.8 Å². The first kappa shape index (κ1) is 25.0. The van der Waals surface area contributed by atoms with Gasteiger partial charge in [0, 0.05) is 37.1 Å². The Morgan fingerprint density at radius 3 is 2.44 bits per heavy atom. The van der Waals surface area contributed by atoms with E-state index in [-0.39, 0.29) is 37.7 Å². The summed E-state index contributed by atoms with van der Waals surface area (Å²) in [6, 6.07) is 15.1. The van der Waals surface area contributed by atoms with E-state index in [0.717, 1.165) is 5.56 Å². The molecule has 10 heteroatoms. The van der Waals surface area contributed by atoms with Gasteiger partial charge in [0.05, 0.1) is 19.4 Å². The van der Waals surface area contributed by atoms with Crippen LogP contribution in [0.15, 0.2) is 65.3 Å². The first-order chi connectivity index (χ1) is 18.9. The molecule has 0 aliphatic carbocycles. The Morgan fingerprint density at radius 2 is 1.69 bits per heavy atom.